The van der Waals surface area contributed by atoms with Gasteiger partial charge in [-0.2, -0.15) is 4.98 Å². The Morgan fingerprint density at radius 1 is 1.00 bits per heavy atom. The lowest BCUT2D eigenvalue weighted by molar-refractivity contribution is 0.422. The number of fused-ring (bicyclic) bond motifs is 1. The fourth-order valence-corrected chi connectivity index (χ4v) is 5.95. The molecule has 1 aliphatic rings. The van der Waals surface area contributed by atoms with Crippen LogP contribution in [0.3, 0.4) is 0 Å². The standard InChI is InChI=1S/C27H34N8O2S/c1-18-17-35(19(2)14-28-18)24-11-6-21(16-29-24)31-26-30-15-20-12-13-34(25(20)32-26)22-7-9-23(10-8-22)38(36,37)33-27(3,4)5/h6-13,15-16,18-19,28,33H,14,17H2,1-5H3,(H,30,31,32)/t18-,19+/m0/s1. The van der Waals surface area contributed by atoms with Crippen LogP contribution in [-0.2, 0) is 10.0 Å². The zero-order valence-electron chi connectivity index (χ0n) is 22.3. The summed E-state index contributed by atoms with van der Waals surface area (Å²) in [5.41, 5.74) is 1.73. The molecule has 38 heavy (non-hydrogen) atoms. The molecule has 0 aliphatic carbocycles. The van der Waals surface area contributed by atoms with Gasteiger partial charge < -0.3 is 20.1 Å². The molecule has 1 aromatic carbocycles. The molecular formula is C27H34N8O2S. The molecule has 0 spiro atoms. The van der Waals surface area contributed by atoms with Gasteiger partial charge in [0.25, 0.3) is 0 Å². The van der Waals surface area contributed by atoms with E-state index in [0.717, 1.165) is 35.7 Å². The zero-order chi connectivity index (χ0) is 27.1. The lowest BCUT2D eigenvalue weighted by atomic mass is 10.1. The first-order chi connectivity index (χ1) is 18.0. The van der Waals surface area contributed by atoms with E-state index in [1.165, 1.54) is 0 Å². The first-order valence-corrected chi connectivity index (χ1v) is 14.2. The van der Waals surface area contributed by atoms with Crippen molar-refractivity contribution in [3.63, 3.8) is 0 Å². The maximum atomic E-state index is 12.7. The van der Waals surface area contributed by atoms with E-state index in [1.807, 2.05) is 49.7 Å². The third kappa shape index (κ3) is 5.64. The van der Waals surface area contributed by atoms with E-state index >= 15 is 0 Å². The Morgan fingerprint density at radius 3 is 2.45 bits per heavy atom. The largest absolute Gasteiger partial charge is 0.351 e. The van der Waals surface area contributed by atoms with Gasteiger partial charge >= 0.3 is 0 Å². The molecule has 0 unspecified atom stereocenters. The van der Waals surface area contributed by atoms with Crippen molar-refractivity contribution < 1.29 is 8.42 Å². The van der Waals surface area contributed by atoms with Crippen molar-refractivity contribution >= 4 is 38.5 Å². The minimum atomic E-state index is -3.61. The molecule has 3 N–H and O–H groups in total. The van der Waals surface area contributed by atoms with Crippen molar-refractivity contribution in [1.82, 2.24) is 29.6 Å². The number of hydrogen-bond donors (Lipinski definition) is 3. The smallest absolute Gasteiger partial charge is 0.241 e. The molecule has 3 aromatic heterocycles. The number of hydrogen-bond acceptors (Lipinski definition) is 8. The van der Waals surface area contributed by atoms with Crippen LogP contribution in [0.25, 0.3) is 16.7 Å². The van der Waals surface area contributed by atoms with Gasteiger partial charge in [-0.05, 0) is 77.1 Å². The van der Waals surface area contributed by atoms with Crippen LogP contribution in [0.15, 0.2) is 66.0 Å². The minimum Gasteiger partial charge on any atom is -0.351 e. The molecule has 2 atom stereocenters. The van der Waals surface area contributed by atoms with Gasteiger partial charge in [-0.15, -0.1) is 0 Å². The highest BCUT2D eigenvalue weighted by Gasteiger charge is 2.24. The molecule has 1 aliphatic heterocycles. The number of anilines is 3. The van der Waals surface area contributed by atoms with E-state index in [0.29, 0.717) is 23.7 Å². The molecule has 0 bridgehead atoms. The highest BCUT2D eigenvalue weighted by Crippen LogP contribution is 2.24. The Morgan fingerprint density at radius 2 is 1.76 bits per heavy atom. The fraction of sp³-hybridized carbons (Fsp3) is 0.370. The number of nitrogens with one attached hydrogen (secondary N) is 3. The van der Waals surface area contributed by atoms with E-state index in [4.69, 9.17) is 4.98 Å². The monoisotopic (exact) mass is 534 g/mol. The van der Waals surface area contributed by atoms with E-state index in [-0.39, 0.29) is 4.90 Å². The maximum absolute atomic E-state index is 12.7. The molecule has 0 radical (unpaired) electrons. The maximum Gasteiger partial charge on any atom is 0.241 e. The molecule has 1 fully saturated rings. The van der Waals surface area contributed by atoms with Crippen molar-refractivity contribution in [1.29, 1.82) is 0 Å². The number of aromatic nitrogens is 4. The summed E-state index contributed by atoms with van der Waals surface area (Å²) in [5.74, 6) is 1.40. The molecule has 11 heteroatoms. The van der Waals surface area contributed by atoms with Crippen LogP contribution < -0.4 is 20.3 Å². The number of piperazine rings is 1. The second-order valence-electron chi connectivity index (χ2n) is 10.8. The molecule has 1 saturated heterocycles. The summed E-state index contributed by atoms with van der Waals surface area (Å²) >= 11 is 0. The molecule has 0 amide bonds. The van der Waals surface area contributed by atoms with Crippen molar-refractivity contribution in [2.45, 2.75) is 57.1 Å². The van der Waals surface area contributed by atoms with Gasteiger partial charge in [0.1, 0.15) is 11.5 Å². The van der Waals surface area contributed by atoms with Gasteiger partial charge in [0.2, 0.25) is 16.0 Å². The Balaban J connectivity index is 1.35. The summed E-state index contributed by atoms with van der Waals surface area (Å²) in [7, 11) is -3.61. The molecule has 4 aromatic rings. The van der Waals surface area contributed by atoms with Gasteiger partial charge in [0.15, 0.2) is 0 Å². The fourth-order valence-electron chi connectivity index (χ4n) is 4.53. The highest BCUT2D eigenvalue weighted by molar-refractivity contribution is 7.89. The predicted molar refractivity (Wildman–Crippen MR) is 151 cm³/mol. The number of pyridine rings is 1. The van der Waals surface area contributed by atoms with Crippen LogP contribution in [0.5, 0.6) is 0 Å². The van der Waals surface area contributed by atoms with Crippen LogP contribution in [0.4, 0.5) is 17.5 Å². The van der Waals surface area contributed by atoms with E-state index in [2.05, 4.69) is 44.1 Å². The minimum absolute atomic E-state index is 0.213. The predicted octanol–water partition coefficient (Wildman–Crippen LogP) is 3.82. The molecule has 5 rings (SSSR count). The van der Waals surface area contributed by atoms with Gasteiger partial charge in [-0.25, -0.2) is 23.1 Å². The van der Waals surface area contributed by atoms with Crippen LogP contribution in [0, 0.1) is 0 Å². The van der Waals surface area contributed by atoms with Crippen LogP contribution >= 0.6 is 0 Å². The van der Waals surface area contributed by atoms with Gasteiger partial charge in [-0.1, -0.05) is 0 Å². The second kappa shape index (κ2) is 9.97. The van der Waals surface area contributed by atoms with Crippen molar-refractivity contribution in [3.8, 4) is 5.69 Å². The quantitative estimate of drug-likeness (QED) is 0.342. The van der Waals surface area contributed by atoms with Crippen LogP contribution in [0.1, 0.15) is 34.6 Å². The van der Waals surface area contributed by atoms with Crippen molar-refractivity contribution in [2.75, 3.05) is 23.3 Å². The van der Waals surface area contributed by atoms with E-state index in [1.54, 1.807) is 36.7 Å². The average molecular weight is 535 g/mol. The summed E-state index contributed by atoms with van der Waals surface area (Å²) in [5, 5.41) is 7.61. The summed E-state index contributed by atoms with van der Waals surface area (Å²) < 4.78 is 29.9. The Kier molecular flexibility index (Phi) is 6.84. The highest BCUT2D eigenvalue weighted by atomic mass is 32.2. The van der Waals surface area contributed by atoms with Gasteiger partial charge in [0.05, 0.1) is 16.8 Å². The Labute approximate surface area is 223 Å². The van der Waals surface area contributed by atoms with Crippen LogP contribution in [-0.4, -0.2) is 58.6 Å². The number of nitrogens with zero attached hydrogens (tertiary/aromatic N) is 5. The summed E-state index contributed by atoms with van der Waals surface area (Å²) in [6.07, 6.45) is 5.46. The van der Waals surface area contributed by atoms with Crippen molar-refractivity contribution in [3.05, 3.63) is 61.1 Å². The molecule has 4 heterocycles. The molecule has 0 saturated carbocycles. The molecule has 200 valence electrons. The lowest BCUT2D eigenvalue weighted by Gasteiger charge is -2.38. The SMILES string of the molecule is C[C@@H]1CN[C@@H](C)CN1c1ccc(Nc2ncc3ccn(-c4ccc(S(=O)(=O)NC(C)(C)C)cc4)c3n2)cn1. The summed E-state index contributed by atoms with van der Waals surface area (Å²) in [6, 6.07) is 13.5. The topological polar surface area (TPSA) is 117 Å². The van der Waals surface area contributed by atoms with E-state index < -0.39 is 15.6 Å². The normalized spacial score (nSPS) is 18.6. The van der Waals surface area contributed by atoms with Gasteiger partial charge in [0, 0.05) is 54.2 Å². The Hall–Kier alpha value is -3.54. The number of benzene rings is 1. The second-order valence-corrected chi connectivity index (χ2v) is 12.5. The first-order valence-electron chi connectivity index (χ1n) is 12.7. The van der Waals surface area contributed by atoms with Crippen molar-refractivity contribution in [2.24, 2.45) is 0 Å². The summed E-state index contributed by atoms with van der Waals surface area (Å²) in [6.45, 7) is 11.7. The van der Waals surface area contributed by atoms with E-state index in [9.17, 15) is 8.42 Å². The van der Waals surface area contributed by atoms with Crippen LogP contribution in [0.2, 0.25) is 0 Å². The summed E-state index contributed by atoms with van der Waals surface area (Å²) in [4.78, 5) is 16.4. The number of sulfonamides is 1. The van der Waals surface area contributed by atoms with Gasteiger partial charge in [-0.3, -0.25) is 0 Å². The average Bonchev–Trinajstić information content (AvgIpc) is 3.28. The molecular weight excluding hydrogens is 500 g/mol. The molecule has 10 nitrogen and oxygen atoms in total. The third-order valence-corrected chi connectivity index (χ3v) is 8.13. The Bertz CT molecular complexity index is 1530. The number of rotatable bonds is 6. The third-order valence-electron chi connectivity index (χ3n) is 6.36. The zero-order valence-corrected chi connectivity index (χ0v) is 23.1. The lowest BCUT2D eigenvalue weighted by Crippen LogP contribution is -2.54. The first kappa shape index (κ1) is 26.1.